The third-order valence-corrected chi connectivity index (χ3v) is 6.15. The van der Waals surface area contributed by atoms with Crippen LogP contribution in [-0.2, 0) is 22.6 Å². The van der Waals surface area contributed by atoms with E-state index in [1.165, 1.54) is 17.0 Å². The molecule has 0 spiro atoms. The Kier molecular flexibility index (Phi) is 8.97. The molecule has 6 nitrogen and oxygen atoms in total. The van der Waals surface area contributed by atoms with Crippen molar-refractivity contribution in [2.24, 2.45) is 0 Å². The molecule has 1 N–H and O–H groups in total. The van der Waals surface area contributed by atoms with Gasteiger partial charge in [-0.25, -0.2) is 9.18 Å². The fourth-order valence-electron chi connectivity index (χ4n) is 3.22. The van der Waals surface area contributed by atoms with Crippen LogP contribution < -0.4 is 5.32 Å². The number of anilines is 1. The monoisotopic (exact) mass is 469 g/mol. The van der Waals surface area contributed by atoms with Crippen LogP contribution in [0.2, 0.25) is 0 Å². The average Bonchev–Trinajstić information content (AvgIpc) is 3.22. The van der Waals surface area contributed by atoms with E-state index < -0.39 is 0 Å². The van der Waals surface area contributed by atoms with E-state index in [-0.39, 0.29) is 30.8 Å². The Hall–Kier alpha value is -3.23. The molecule has 33 heavy (non-hydrogen) atoms. The van der Waals surface area contributed by atoms with Crippen LogP contribution in [-0.4, -0.2) is 48.5 Å². The first-order chi connectivity index (χ1) is 16.0. The predicted octanol–water partition coefficient (Wildman–Crippen LogP) is 4.90. The van der Waals surface area contributed by atoms with Gasteiger partial charge >= 0.3 is 6.03 Å². The fraction of sp³-hybridized carbons (Fsp3) is 0.280. The summed E-state index contributed by atoms with van der Waals surface area (Å²) in [5.74, 6) is -0.527. The number of halogens is 1. The first-order valence-electron chi connectivity index (χ1n) is 10.6. The second kappa shape index (κ2) is 12.1. The second-order valence-electron chi connectivity index (χ2n) is 7.61. The van der Waals surface area contributed by atoms with Crippen LogP contribution >= 0.6 is 11.3 Å². The summed E-state index contributed by atoms with van der Waals surface area (Å²) < 4.78 is 18.5. The van der Waals surface area contributed by atoms with Crippen LogP contribution in [0.25, 0.3) is 0 Å². The highest BCUT2D eigenvalue weighted by Gasteiger charge is 2.22. The van der Waals surface area contributed by atoms with Crippen molar-refractivity contribution in [3.8, 4) is 0 Å². The first-order valence-corrected chi connectivity index (χ1v) is 11.5. The van der Waals surface area contributed by atoms with Gasteiger partial charge in [0.1, 0.15) is 12.4 Å². The number of methoxy groups -OCH3 is 1. The topological polar surface area (TPSA) is 61.9 Å². The highest BCUT2D eigenvalue weighted by atomic mass is 32.1. The predicted molar refractivity (Wildman–Crippen MR) is 129 cm³/mol. The Morgan fingerprint density at radius 3 is 2.36 bits per heavy atom. The number of rotatable bonds is 10. The van der Waals surface area contributed by atoms with Gasteiger partial charge in [0, 0.05) is 30.8 Å². The number of urea groups is 1. The quantitative estimate of drug-likeness (QED) is 0.459. The summed E-state index contributed by atoms with van der Waals surface area (Å²) in [6, 6.07) is 16.8. The molecule has 0 atom stereocenters. The SMILES string of the molecule is COCCN(CC(=O)N(Cc1ccc(F)cc1)Cc1sccc1C)C(=O)Nc1ccccc1. The number of hydrogen-bond acceptors (Lipinski definition) is 4. The van der Waals surface area contributed by atoms with Crippen LogP contribution in [0.15, 0.2) is 66.0 Å². The number of ether oxygens (including phenoxy) is 1. The third-order valence-electron chi connectivity index (χ3n) is 5.15. The molecule has 3 rings (SSSR count). The molecule has 0 aliphatic rings. The summed E-state index contributed by atoms with van der Waals surface area (Å²) in [5, 5.41) is 4.82. The van der Waals surface area contributed by atoms with Crippen LogP contribution in [0.5, 0.6) is 0 Å². The number of carbonyl (C=O) groups is 2. The van der Waals surface area contributed by atoms with Crippen LogP contribution in [0.3, 0.4) is 0 Å². The molecule has 0 fully saturated rings. The molecule has 174 valence electrons. The van der Waals surface area contributed by atoms with E-state index in [2.05, 4.69) is 5.32 Å². The van der Waals surface area contributed by atoms with Gasteiger partial charge in [0.25, 0.3) is 0 Å². The maximum absolute atomic E-state index is 13.4. The minimum atomic E-state index is -0.374. The smallest absolute Gasteiger partial charge is 0.322 e. The van der Waals surface area contributed by atoms with Crippen LogP contribution in [0.4, 0.5) is 14.9 Å². The molecule has 0 unspecified atom stereocenters. The number of thiophene rings is 1. The Morgan fingerprint density at radius 2 is 1.73 bits per heavy atom. The normalized spacial score (nSPS) is 10.6. The molecule has 3 amide bonds. The molecule has 3 aromatic rings. The Labute approximate surface area is 197 Å². The van der Waals surface area contributed by atoms with Gasteiger partial charge in [-0.15, -0.1) is 11.3 Å². The van der Waals surface area contributed by atoms with Gasteiger partial charge in [-0.3, -0.25) is 4.79 Å². The lowest BCUT2D eigenvalue weighted by atomic mass is 10.2. The van der Waals surface area contributed by atoms with Crippen molar-refractivity contribution >= 4 is 29.0 Å². The van der Waals surface area contributed by atoms with Crippen molar-refractivity contribution in [3.05, 3.63) is 87.9 Å². The summed E-state index contributed by atoms with van der Waals surface area (Å²) in [4.78, 5) is 30.5. The number of hydrogen-bond donors (Lipinski definition) is 1. The van der Waals surface area contributed by atoms with E-state index in [1.54, 1.807) is 47.6 Å². The average molecular weight is 470 g/mol. The number of benzene rings is 2. The van der Waals surface area contributed by atoms with E-state index in [0.717, 1.165) is 16.0 Å². The fourth-order valence-corrected chi connectivity index (χ4v) is 4.14. The zero-order chi connectivity index (χ0) is 23.6. The molecular weight excluding hydrogens is 441 g/mol. The molecule has 8 heteroatoms. The molecule has 2 aromatic carbocycles. The molecule has 0 aliphatic carbocycles. The Bertz CT molecular complexity index is 1040. The molecule has 0 radical (unpaired) electrons. The van der Waals surface area contributed by atoms with Gasteiger partial charge in [-0.2, -0.15) is 0 Å². The minimum Gasteiger partial charge on any atom is -0.383 e. The van der Waals surface area contributed by atoms with E-state index in [4.69, 9.17) is 4.74 Å². The van der Waals surface area contributed by atoms with E-state index in [9.17, 15) is 14.0 Å². The molecule has 0 bridgehead atoms. The van der Waals surface area contributed by atoms with Gasteiger partial charge in [-0.1, -0.05) is 30.3 Å². The van der Waals surface area contributed by atoms with Crippen molar-refractivity contribution in [2.75, 3.05) is 32.1 Å². The summed E-state index contributed by atoms with van der Waals surface area (Å²) in [5.41, 5.74) is 2.57. The van der Waals surface area contributed by atoms with E-state index in [0.29, 0.717) is 25.4 Å². The number of nitrogens with zero attached hydrogens (tertiary/aromatic N) is 2. The zero-order valence-corrected chi connectivity index (χ0v) is 19.6. The van der Waals surface area contributed by atoms with Crippen molar-refractivity contribution in [2.45, 2.75) is 20.0 Å². The summed E-state index contributed by atoms with van der Waals surface area (Å²) in [6.07, 6.45) is 0. The number of amides is 3. The number of aryl methyl sites for hydroxylation is 1. The lowest BCUT2D eigenvalue weighted by Crippen LogP contribution is -2.45. The van der Waals surface area contributed by atoms with Gasteiger partial charge in [0.15, 0.2) is 0 Å². The second-order valence-corrected chi connectivity index (χ2v) is 8.61. The van der Waals surface area contributed by atoms with Gasteiger partial charge in [-0.05, 0) is 53.8 Å². The van der Waals surface area contributed by atoms with Crippen molar-refractivity contribution in [1.82, 2.24) is 9.80 Å². The van der Waals surface area contributed by atoms with Crippen molar-refractivity contribution in [1.29, 1.82) is 0 Å². The van der Waals surface area contributed by atoms with Gasteiger partial charge in [0.05, 0.1) is 13.2 Å². The largest absolute Gasteiger partial charge is 0.383 e. The van der Waals surface area contributed by atoms with E-state index in [1.807, 2.05) is 36.6 Å². The number of para-hydroxylation sites is 1. The van der Waals surface area contributed by atoms with Gasteiger partial charge in [0.2, 0.25) is 5.91 Å². The molecule has 1 heterocycles. The lowest BCUT2D eigenvalue weighted by Gasteiger charge is -2.28. The number of nitrogens with one attached hydrogen (secondary N) is 1. The molecule has 0 saturated heterocycles. The lowest BCUT2D eigenvalue weighted by molar-refractivity contribution is -0.133. The first kappa shape index (κ1) is 24.4. The van der Waals surface area contributed by atoms with Crippen LogP contribution in [0, 0.1) is 12.7 Å². The maximum Gasteiger partial charge on any atom is 0.322 e. The van der Waals surface area contributed by atoms with Crippen LogP contribution in [0.1, 0.15) is 16.0 Å². The number of carbonyl (C=O) groups excluding carboxylic acids is 2. The van der Waals surface area contributed by atoms with Crippen molar-refractivity contribution in [3.63, 3.8) is 0 Å². The van der Waals surface area contributed by atoms with Gasteiger partial charge < -0.3 is 19.9 Å². The van der Waals surface area contributed by atoms with E-state index >= 15 is 0 Å². The summed E-state index contributed by atoms with van der Waals surface area (Å²) in [6.45, 7) is 3.20. The zero-order valence-electron chi connectivity index (χ0n) is 18.8. The highest BCUT2D eigenvalue weighted by Crippen LogP contribution is 2.20. The minimum absolute atomic E-state index is 0.104. The maximum atomic E-state index is 13.4. The highest BCUT2D eigenvalue weighted by molar-refractivity contribution is 7.10. The molecular formula is C25H28FN3O3S. The van der Waals surface area contributed by atoms with Crippen molar-refractivity contribution < 1.29 is 18.7 Å². The molecule has 0 aliphatic heterocycles. The summed E-state index contributed by atoms with van der Waals surface area (Å²) >= 11 is 1.58. The Balaban J connectivity index is 1.76. The molecule has 0 saturated carbocycles. The third kappa shape index (κ3) is 7.40. The standard InChI is InChI=1S/C25H28FN3O3S/c1-19-12-15-33-23(19)17-29(16-20-8-10-21(26)11-9-20)24(30)18-28(13-14-32-2)25(31)27-22-6-4-3-5-7-22/h3-12,15H,13-14,16-18H2,1-2H3,(H,27,31). The Morgan fingerprint density at radius 1 is 1.00 bits per heavy atom. The molecule has 1 aromatic heterocycles. The summed E-state index contributed by atoms with van der Waals surface area (Å²) in [7, 11) is 1.55.